The molecular weight excluding hydrogens is 286 g/mol. The molecule has 2 nitrogen and oxygen atoms in total. The van der Waals surface area contributed by atoms with Gasteiger partial charge in [0.2, 0.25) is 0 Å². The molecule has 1 fully saturated rings. The lowest BCUT2D eigenvalue weighted by atomic mass is 10.1. The van der Waals surface area contributed by atoms with Gasteiger partial charge in [0.1, 0.15) is 0 Å². The average Bonchev–Trinajstić information content (AvgIpc) is 2.74. The van der Waals surface area contributed by atoms with Crippen molar-refractivity contribution in [1.82, 2.24) is 5.32 Å². The lowest BCUT2D eigenvalue weighted by Gasteiger charge is -2.13. The van der Waals surface area contributed by atoms with Crippen LogP contribution in [-0.4, -0.2) is 23.5 Å². The van der Waals surface area contributed by atoms with E-state index in [1.54, 1.807) is 0 Å². The van der Waals surface area contributed by atoms with Crippen LogP contribution >= 0.6 is 27.7 Å². The number of rotatable bonds is 2. The first kappa shape index (κ1) is 12.0. The number of nitrogens with one attached hydrogen (secondary N) is 1. The van der Waals surface area contributed by atoms with E-state index in [1.807, 2.05) is 36.9 Å². The Hall–Kier alpha value is -0.480. The van der Waals surface area contributed by atoms with Crippen LogP contribution < -0.4 is 5.32 Å². The van der Waals surface area contributed by atoms with E-state index in [9.17, 15) is 4.79 Å². The minimum Gasteiger partial charge on any atom is -0.348 e. The van der Waals surface area contributed by atoms with Crippen molar-refractivity contribution < 1.29 is 4.79 Å². The highest BCUT2D eigenvalue weighted by Crippen LogP contribution is 2.21. The fourth-order valence-electron chi connectivity index (χ4n) is 1.76. The van der Waals surface area contributed by atoms with E-state index >= 15 is 0 Å². The predicted octanol–water partition coefficient (Wildman–Crippen LogP) is 2.99. The molecule has 0 bridgehead atoms. The zero-order valence-corrected chi connectivity index (χ0v) is 11.5. The molecular formula is C12H14BrNOS. The van der Waals surface area contributed by atoms with Crippen LogP contribution in [0.4, 0.5) is 0 Å². The lowest BCUT2D eigenvalue weighted by molar-refractivity contribution is 0.0940. The maximum Gasteiger partial charge on any atom is 0.251 e. The standard InChI is InChI=1S/C12H14BrNOS/c1-8-10(3-2-4-11(8)13)12(15)14-9-5-6-16-7-9/h2-4,9H,5-7H2,1H3,(H,14,15). The Bertz CT molecular complexity index is 402. The quantitative estimate of drug-likeness (QED) is 0.909. The summed E-state index contributed by atoms with van der Waals surface area (Å²) in [4.78, 5) is 12.0. The Kier molecular flexibility index (Phi) is 3.92. The van der Waals surface area contributed by atoms with Crippen LogP contribution in [0.1, 0.15) is 22.3 Å². The van der Waals surface area contributed by atoms with Gasteiger partial charge in [-0.1, -0.05) is 22.0 Å². The number of carbonyl (C=O) groups is 1. The number of benzene rings is 1. The topological polar surface area (TPSA) is 29.1 Å². The van der Waals surface area contributed by atoms with E-state index in [0.717, 1.165) is 33.5 Å². The van der Waals surface area contributed by atoms with Crippen LogP contribution in [0.15, 0.2) is 22.7 Å². The van der Waals surface area contributed by atoms with Crippen LogP contribution in [0.5, 0.6) is 0 Å². The molecule has 16 heavy (non-hydrogen) atoms. The number of hydrogen-bond acceptors (Lipinski definition) is 2. The summed E-state index contributed by atoms with van der Waals surface area (Å²) in [5.41, 5.74) is 1.77. The maximum absolute atomic E-state index is 12.0. The van der Waals surface area contributed by atoms with Gasteiger partial charge in [-0.05, 0) is 36.8 Å². The second kappa shape index (κ2) is 5.23. The van der Waals surface area contributed by atoms with Crippen molar-refractivity contribution in [2.45, 2.75) is 19.4 Å². The third-order valence-electron chi connectivity index (χ3n) is 2.78. The summed E-state index contributed by atoms with van der Waals surface area (Å²) in [5, 5.41) is 3.08. The Morgan fingerprint density at radius 2 is 2.38 bits per heavy atom. The average molecular weight is 300 g/mol. The summed E-state index contributed by atoms with van der Waals surface area (Å²) >= 11 is 5.35. The Morgan fingerprint density at radius 3 is 3.06 bits per heavy atom. The summed E-state index contributed by atoms with van der Waals surface area (Å²) in [6, 6.07) is 6.07. The van der Waals surface area contributed by atoms with E-state index in [-0.39, 0.29) is 5.91 Å². The minimum absolute atomic E-state index is 0.0475. The van der Waals surface area contributed by atoms with Gasteiger partial charge in [0.25, 0.3) is 5.91 Å². The van der Waals surface area contributed by atoms with Crippen molar-refractivity contribution in [3.8, 4) is 0 Å². The molecule has 0 radical (unpaired) electrons. The predicted molar refractivity (Wildman–Crippen MR) is 72.1 cm³/mol. The Morgan fingerprint density at radius 1 is 1.56 bits per heavy atom. The van der Waals surface area contributed by atoms with Crippen LogP contribution in [0.25, 0.3) is 0 Å². The molecule has 1 aliphatic heterocycles. The van der Waals surface area contributed by atoms with Gasteiger partial charge in [-0.25, -0.2) is 0 Å². The van der Waals surface area contributed by atoms with Crippen LogP contribution in [0.2, 0.25) is 0 Å². The van der Waals surface area contributed by atoms with Gasteiger partial charge < -0.3 is 5.32 Å². The largest absolute Gasteiger partial charge is 0.348 e. The van der Waals surface area contributed by atoms with Crippen molar-refractivity contribution in [1.29, 1.82) is 0 Å². The third kappa shape index (κ3) is 2.61. The molecule has 1 aromatic carbocycles. The first-order valence-corrected chi connectivity index (χ1v) is 7.27. The zero-order valence-electron chi connectivity index (χ0n) is 9.13. The SMILES string of the molecule is Cc1c(Br)cccc1C(=O)NC1CCSC1. The molecule has 1 atom stereocenters. The lowest BCUT2D eigenvalue weighted by Crippen LogP contribution is -2.34. The van der Waals surface area contributed by atoms with Gasteiger partial charge in [0.05, 0.1) is 0 Å². The van der Waals surface area contributed by atoms with Gasteiger partial charge in [0.15, 0.2) is 0 Å². The molecule has 1 aromatic rings. The van der Waals surface area contributed by atoms with Crippen molar-refractivity contribution >= 4 is 33.6 Å². The molecule has 0 saturated carbocycles. The first-order chi connectivity index (χ1) is 7.68. The molecule has 1 N–H and O–H groups in total. The number of hydrogen-bond donors (Lipinski definition) is 1. The molecule has 1 aliphatic rings. The molecule has 1 unspecified atom stereocenters. The molecule has 86 valence electrons. The van der Waals surface area contributed by atoms with Gasteiger partial charge >= 0.3 is 0 Å². The summed E-state index contributed by atoms with van der Waals surface area (Å²) in [6.45, 7) is 1.96. The van der Waals surface area contributed by atoms with Crippen molar-refractivity contribution in [2.24, 2.45) is 0 Å². The fourth-order valence-corrected chi connectivity index (χ4v) is 3.28. The Labute approximate surface area is 108 Å². The highest BCUT2D eigenvalue weighted by molar-refractivity contribution is 9.10. The van der Waals surface area contributed by atoms with Gasteiger partial charge in [-0.3, -0.25) is 4.79 Å². The van der Waals surface area contributed by atoms with Crippen molar-refractivity contribution in [2.75, 3.05) is 11.5 Å². The molecule has 1 heterocycles. The number of carbonyl (C=O) groups excluding carboxylic acids is 1. The highest BCUT2D eigenvalue weighted by Gasteiger charge is 2.19. The van der Waals surface area contributed by atoms with Crippen molar-refractivity contribution in [3.05, 3.63) is 33.8 Å². The van der Waals surface area contributed by atoms with E-state index in [1.165, 1.54) is 0 Å². The van der Waals surface area contributed by atoms with Crippen molar-refractivity contribution in [3.63, 3.8) is 0 Å². The van der Waals surface area contributed by atoms with Crippen LogP contribution in [0, 0.1) is 6.92 Å². The second-order valence-electron chi connectivity index (χ2n) is 3.95. The summed E-state index contributed by atoms with van der Waals surface area (Å²) < 4.78 is 0.987. The first-order valence-electron chi connectivity index (χ1n) is 5.32. The number of thioether (sulfide) groups is 1. The molecule has 4 heteroatoms. The zero-order chi connectivity index (χ0) is 11.5. The molecule has 2 rings (SSSR count). The smallest absolute Gasteiger partial charge is 0.251 e. The fraction of sp³-hybridized carbons (Fsp3) is 0.417. The minimum atomic E-state index is 0.0475. The molecule has 0 spiro atoms. The molecule has 0 aromatic heterocycles. The Balaban J connectivity index is 2.11. The molecule has 1 amide bonds. The van der Waals surface area contributed by atoms with E-state index in [4.69, 9.17) is 0 Å². The van der Waals surface area contributed by atoms with E-state index in [2.05, 4.69) is 21.2 Å². The monoisotopic (exact) mass is 299 g/mol. The van der Waals surface area contributed by atoms with Gasteiger partial charge in [0, 0.05) is 21.8 Å². The molecule has 0 aliphatic carbocycles. The second-order valence-corrected chi connectivity index (χ2v) is 5.95. The van der Waals surface area contributed by atoms with Crippen LogP contribution in [0.3, 0.4) is 0 Å². The third-order valence-corrected chi connectivity index (χ3v) is 4.80. The maximum atomic E-state index is 12.0. The number of amides is 1. The van der Waals surface area contributed by atoms with Gasteiger partial charge in [-0.15, -0.1) is 0 Å². The van der Waals surface area contributed by atoms with E-state index in [0.29, 0.717) is 6.04 Å². The van der Waals surface area contributed by atoms with E-state index < -0.39 is 0 Å². The summed E-state index contributed by atoms with van der Waals surface area (Å²) in [6.07, 6.45) is 1.09. The normalized spacial score (nSPS) is 19.8. The van der Waals surface area contributed by atoms with Crippen LogP contribution in [-0.2, 0) is 0 Å². The summed E-state index contributed by atoms with van der Waals surface area (Å²) in [7, 11) is 0. The van der Waals surface area contributed by atoms with Gasteiger partial charge in [-0.2, -0.15) is 11.8 Å². The molecule has 1 saturated heterocycles. The summed E-state index contributed by atoms with van der Waals surface area (Å²) in [5.74, 6) is 2.24. The highest BCUT2D eigenvalue weighted by atomic mass is 79.9. The number of halogens is 1.